The van der Waals surface area contributed by atoms with Crippen molar-refractivity contribution >= 4 is 57.6 Å². The van der Waals surface area contributed by atoms with Crippen LogP contribution < -0.4 is 9.80 Å². The monoisotopic (exact) mass is 501 g/mol. The van der Waals surface area contributed by atoms with E-state index in [-0.39, 0.29) is 11.9 Å². The fraction of sp³-hybridized carbons (Fsp3) is 0.148. The quantitative estimate of drug-likeness (QED) is 0.307. The first-order valence-corrected chi connectivity index (χ1v) is 12.8. The van der Waals surface area contributed by atoms with Crippen LogP contribution in [0, 0.1) is 6.92 Å². The summed E-state index contributed by atoms with van der Waals surface area (Å²) in [6.07, 6.45) is 0. The summed E-state index contributed by atoms with van der Waals surface area (Å²) < 4.78 is 5.06. The molecule has 0 N–H and O–H groups in total. The summed E-state index contributed by atoms with van der Waals surface area (Å²) in [6.45, 7) is 4.11. The predicted octanol–water partition coefficient (Wildman–Crippen LogP) is 6.35. The van der Waals surface area contributed by atoms with E-state index in [1.165, 1.54) is 11.8 Å². The number of ether oxygens (including phenoxy) is 1. The molecule has 6 nitrogen and oxygen atoms in total. The number of amidine groups is 1. The molecule has 0 radical (unpaired) electrons. The Morgan fingerprint density at radius 2 is 1.69 bits per heavy atom. The molecule has 3 aromatic carbocycles. The standard InChI is InChI=1S/C27H23N3O3S2/c1-4-33-26(32)18-11-13-19(14-12-18)28-27-30(20-15-9-17(2)10-16-20)24(31)23(35-27)25-29(3)21-7-5-6-8-22(21)34-25/h5-16H,4H2,1-3H3. The Hall–Kier alpha value is -3.49. The van der Waals surface area contributed by atoms with Crippen LogP contribution in [0.4, 0.5) is 17.1 Å². The van der Waals surface area contributed by atoms with Crippen molar-refractivity contribution in [1.82, 2.24) is 0 Å². The fourth-order valence-electron chi connectivity index (χ4n) is 3.80. The summed E-state index contributed by atoms with van der Waals surface area (Å²) in [5.41, 5.74) is 4.06. The van der Waals surface area contributed by atoms with Gasteiger partial charge in [0.1, 0.15) is 4.91 Å². The smallest absolute Gasteiger partial charge is 0.338 e. The average molecular weight is 502 g/mol. The highest BCUT2D eigenvalue weighted by molar-refractivity contribution is 8.20. The number of hydrogen-bond acceptors (Lipinski definition) is 7. The minimum Gasteiger partial charge on any atom is -0.462 e. The number of nitrogens with zero attached hydrogens (tertiary/aromatic N) is 3. The van der Waals surface area contributed by atoms with Gasteiger partial charge in [0.15, 0.2) is 5.17 Å². The summed E-state index contributed by atoms with van der Waals surface area (Å²) in [7, 11) is 1.98. The maximum atomic E-state index is 13.8. The van der Waals surface area contributed by atoms with E-state index in [2.05, 4.69) is 17.0 Å². The lowest BCUT2D eigenvalue weighted by molar-refractivity contribution is -0.113. The Labute approximate surface area is 212 Å². The molecule has 0 aliphatic carbocycles. The van der Waals surface area contributed by atoms with Crippen LogP contribution in [0.25, 0.3) is 0 Å². The molecule has 2 heterocycles. The number of carbonyl (C=O) groups excluding carboxylic acids is 2. The van der Waals surface area contributed by atoms with Gasteiger partial charge in [0.25, 0.3) is 5.91 Å². The van der Waals surface area contributed by atoms with Gasteiger partial charge >= 0.3 is 5.97 Å². The van der Waals surface area contributed by atoms with Crippen molar-refractivity contribution in [3.8, 4) is 0 Å². The first-order valence-electron chi connectivity index (χ1n) is 11.2. The average Bonchev–Trinajstić information content (AvgIpc) is 3.36. The molecule has 1 fully saturated rings. The molecule has 0 atom stereocenters. The van der Waals surface area contributed by atoms with Crippen LogP contribution in [0.5, 0.6) is 0 Å². The molecule has 176 valence electrons. The molecule has 1 saturated heterocycles. The zero-order valence-electron chi connectivity index (χ0n) is 19.5. The lowest BCUT2D eigenvalue weighted by atomic mass is 10.2. The van der Waals surface area contributed by atoms with Crippen LogP contribution in [-0.2, 0) is 9.53 Å². The van der Waals surface area contributed by atoms with Gasteiger partial charge in [-0.3, -0.25) is 9.69 Å². The van der Waals surface area contributed by atoms with Gasteiger partial charge in [0.05, 0.1) is 34.3 Å². The van der Waals surface area contributed by atoms with Gasteiger partial charge in [-0.15, -0.1) is 0 Å². The van der Waals surface area contributed by atoms with Crippen LogP contribution in [0.15, 0.2) is 92.6 Å². The van der Waals surface area contributed by atoms with E-state index in [1.54, 1.807) is 47.9 Å². The molecular formula is C27H23N3O3S2. The molecule has 0 spiro atoms. The van der Waals surface area contributed by atoms with Crippen LogP contribution in [0.2, 0.25) is 0 Å². The number of hydrogen-bond donors (Lipinski definition) is 0. The first-order chi connectivity index (χ1) is 17.0. The Morgan fingerprint density at radius 3 is 2.37 bits per heavy atom. The number of aryl methyl sites for hydroxylation is 1. The molecule has 0 saturated carbocycles. The van der Waals surface area contributed by atoms with Crippen molar-refractivity contribution in [1.29, 1.82) is 0 Å². The zero-order valence-corrected chi connectivity index (χ0v) is 21.2. The zero-order chi connectivity index (χ0) is 24.5. The van der Waals surface area contributed by atoms with Crippen molar-refractivity contribution in [2.24, 2.45) is 4.99 Å². The number of para-hydroxylation sites is 1. The number of esters is 1. The van der Waals surface area contributed by atoms with Crippen LogP contribution in [-0.4, -0.2) is 30.7 Å². The van der Waals surface area contributed by atoms with E-state index in [1.807, 2.05) is 50.4 Å². The first kappa shape index (κ1) is 23.3. The Kier molecular flexibility index (Phi) is 6.40. The third kappa shape index (κ3) is 4.47. The highest BCUT2D eigenvalue weighted by Crippen LogP contribution is 2.50. The summed E-state index contributed by atoms with van der Waals surface area (Å²) in [5, 5.41) is 1.45. The highest BCUT2D eigenvalue weighted by atomic mass is 32.2. The molecular weight excluding hydrogens is 478 g/mol. The third-order valence-corrected chi connectivity index (χ3v) is 8.00. The molecule has 0 bridgehead atoms. The number of amides is 1. The molecule has 2 aliphatic rings. The number of anilines is 2. The van der Waals surface area contributed by atoms with E-state index < -0.39 is 0 Å². The summed E-state index contributed by atoms with van der Waals surface area (Å²) in [5.74, 6) is -0.478. The van der Waals surface area contributed by atoms with Gasteiger partial charge in [-0.25, -0.2) is 9.79 Å². The molecule has 0 aromatic heterocycles. The van der Waals surface area contributed by atoms with Gasteiger partial charge in [0.2, 0.25) is 0 Å². The summed E-state index contributed by atoms with van der Waals surface area (Å²) in [6, 6.07) is 22.8. The molecule has 35 heavy (non-hydrogen) atoms. The molecule has 0 unspecified atom stereocenters. The summed E-state index contributed by atoms with van der Waals surface area (Å²) >= 11 is 2.96. The topological polar surface area (TPSA) is 62.2 Å². The van der Waals surface area contributed by atoms with E-state index in [0.29, 0.717) is 27.9 Å². The van der Waals surface area contributed by atoms with Crippen molar-refractivity contribution in [3.63, 3.8) is 0 Å². The predicted molar refractivity (Wildman–Crippen MR) is 143 cm³/mol. The van der Waals surface area contributed by atoms with E-state index in [0.717, 1.165) is 26.9 Å². The molecule has 8 heteroatoms. The lowest BCUT2D eigenvalue weighted by Crippen LogP contribution is -2.29. The number of carbonyl (C=O) groups is 2. The minimum absolute atomic E-state index is 0.108. The van der Waals surface area contributed by atoms with Gasteiger partial charge in [-0.2, -0.15) is 0 Å². The van der Waals surface area contributed by atoms with Crippen molar-refractivity contribution < 1.29 is 14.3 Å². The minimum atomic E-state index is -0.369. The number of thioether (sulfide) groups is 2. The van der Waals surface area contributed by atoms with Gasteiger partial charge < -0.3 is 9.64 Å². The molecule has 5 rings (SSSR count). The number of aliphatic imine (C=N–C) groups is 1. The fourth-order valence-corrected chi connectivity index (χ4v) is 6.14. The van der Waals surface area contributed by atoms with Crippen LogP contribution >= 0.6 is 23.5 Å². The number of rotatable bonds is 4. The second kappa shape index (κ2) is 9.64. The Bertz CT molecular complexity index is 1370. The second-order valence-electron chi connectivity index (χ2n) is 8.00. The lowest BCUT2D eigenvalue weighted by Gasteiger charge is -2.17. The van der Waals surface area contributed by atoms with E-state index in [9.17, 15) is 9.59 Å². The maximum Gasteiger partial charge on any atom is 0.338 e. The maximum absolute atomic E-state index is 13.8. The molecule has 1 amide bonds. The highest BCUT2D eigenvalue weighted by Gasteiger charge is 2.40. The van der Waals surface area contributed by atoms with E-state index in [4.69, 9.17) is 9.73 Å². The van der Waals surface area contributed by atoms with Crippen molar-refractivity contribution in [2.45, 2.75) is 18.7 Å². The van der Waals surface area contributed by atoms with Crippen LogP contribution in [0.1, 0.15) is 22.8 Å². The largest absolute Gasteiger partial charge is 0.462 e. The molecule has 2 aliphatic heterocycles. The SMILES string of the molecule is CCOC(=O)c1ccc(N=C2SC(=C3Sc4ccccc4N3C)C(=O)N2c2ccc(C)cc2)cc1. The normalized spacial score (nSPS) is 18.4. The number of fused-ring (bicyclic) bond motifs is 1. The Balaban J connectivity index is 1.54. The van der Waals surface area contributed by atoms with E-state index >= 15 is 0 Å². The summed E-state index contributed by atoms with van der Waals surface area (Å²) in [4.78, 5) is 36.0. The Morgan fingerprint density at radius 1 is 0.971 bits per heavy atom. The van der Waals surface area contributed by atoms with Crippen LogP contribution in [0.3, 0.4) is 0 Å². The van der Waals surface area contributed by atoms with Crippen molar-refractivity contribution in [3.05, 3.63) is 93.9 Å². The van der Waals surface area contributed by atoms with Gasteiger partial charge in [0, 0.05) is 11.9 Å². The number of benzene rings is 3. The van der Waals surface area contributed by atoms with Crippen molar-refractivity contribution in [2.75, 3.05) is 23.5 Å². The van der Waals surface area contributed by atoms with Gasteiger partial charge in [-0.1, -0.05) is 41.6 Å². The van der Waals surface area contributed by atoms with Gasteiger partial charge in [-0.05, 0) is 74.1 Å². The second-order valence-corrected chi connectivity index (χ2v) is 10.0. The third-order valence-electron chi connectivity index (χ3n) is 5.61. The molecule has 3 aromatic rings.